The van der Waals surface area contributed by atoms with Gasteiger partial charge < -0.3 is 19.8 Å². The van der Waals surface area contributed by atoms with Gasteiger partial charge in [-0.1, -0.05) is 23.8 Å². The van der Waals surface area contributed by atoms with E-state index in [4.69, 9.17) is 9.47 Å². The number of ether oxygens (including phenoxy) is 2. The number of allylic oxidation sites excluding steroid dienone is 1. The highest BCUT2D eigenvalue weighted by Crippen LogP contribution is 2.13. The van der Waals surface area contributed by atoms with Crippen molar-refractivity contribution in [2.45, 2.75) is 45.4 Å². The molecule has 2 atom stereocenters. The van der Waals surface area contributed by atoms with Gasteiger partial charge in [0, 0.05) is 19.6 Å². The average Bonchev–Trinajstić information content (AvgIpc) is 2.96. The summed E-state index contributed by atoms with van der Waals surface area (Å²) in [5.41, 5.74) is 2.58. The van der Waals surface area contributed by atoms with Gasteiger partial charge in [0.2, 0.25) is 5.91 Å². The van der Waals surface area contributed by atoms with Crippen LogP contribution >= 0.6 is 0 Å². The molecule has 1 aromatic carbocycles. The second-order valence-electron chi connectivity index (χ2n) is 7.04. The van der Waals surface area contributed by atoms with Gasteiger partial charge in [0.15, 0.2) is 0 Å². The third-order valence-electron chi connectivity index (χ3n) is 4.69. The fourth-order valence-corrected chi connectivity index (χ4v) is 3.21. The zero-order valence-corrected chi connectivity index (χ0v) is 15.9. The summed E-state index contributed by atoms with van der Waals surface area (Å²) in [6.45, 7) is 5.99. The van der Waals surface area contributed by atoms with E-state index in [9.17, 15) is 9.59 Å². The highest BCUT2D eigenvalue weighted by atomic mass is 16.5. The van der Waals surface area contributed by atoms with Crippen molar-refractivity contribution in [2.24, 2.45) is 0 Å². The number of amides is 1. The quantitative estimate of drug-likeness (QED) is 0.727. The molecule has 2 aromatic rings. The van der Waals surface area contributed by atoms with Gasteiger partial charge in [0.25, 0.3) is 0 Å². The average molecular weight is 373 g/mol. The zero-order chi connectivity index (χ0) is 19.2. The van der Waals surface area contributed by atoms with Crippen LogP contribution in [0.4, 0.5) is 0 Å². The maximum absolute atomic E-state index is 12.4. The van der Waals surface area contributed by atoms with Gasteiger partial charge in [-0.15, -0.1) is 0 Å². The number of H-pyrrole nitrogens is 1. The molecule has 0 bridgehead atoms. The Bertz CT molecular complexity index is 863. The number of nitrogens with zero attached hydrogens (tertiary/aromatic N) is 1. The van der Waals surface area contributed by atoms with Crippen LogP contribution < -0.4 is 11.0 Å². The molecule has 2 N–H and O–H groups in total. The molecule has 7 nitrogen and oxygen atoms in total. The molecule has 0 saturated carbocycles. The number of rotatable bonds is 7. The lowest BCUT2D eigenvalue weighted by atomic mass is 10.1. The second kappa shape index (κ2) is 9.01. The number of aryl methyl sites for hydroxylation is 1. The number of imidazole rings is 1. The zero-order valence-electron chi connectivity index (χ0n) is 15.9. The van der Waals surface area contributed by atoms with Crippen LogP contribution in [0, 0.1) is 0 Å². The number of nitrogens with one attached hydrogen (secondary N) is 2. The Morgan fingerprint density at radius 3 is 3.04 bits per heavy atom. The van der Waals surface area contributed by atoms with Crippen molar-refractivity contribution < 1.29 is 14.3 Å². The Kier molecular flexibility index (Phi) is 6.47. The lowest BCUT2D eigenvalue weighted by molar-refractivity contribution is -0.126. The summed E-state index contributed by atoms with van der Waals surface area (Å²) in [5, 5.41) is 3.00. The lowest BCUT2D eigenvalue weighted by Crippen LogP contribution is -2.50. The highest BCUT2D eigenvalue weighted by molar-refractivity contribution is 5.77. The Hall–Kier alpha value is -2.38. The van der Waals surface area contributed by atoms with Crippen LogP contribution in [0.15, 0.2) is 40.7 Å². The molecule has 146 valence electrons. The van der Waals surface area contributed by atoms with Crippen molar-refractivity contribution >= 4 is 16.9 Å². The molecular weight excluding hydrogens is 346 g/mol. The van der Waals surface area contributed by atoms with Crippen LogP contribution in [0.1, 0.15) is 26.7 Å². The van der Waals surface area contributed by atoms with E-state index in [1.807, 2.05) is 44.2 Å². The lowest BCUT2D eigenvalue weighted by Gasteiger charge is -2.32. The van der Waals surface area contributed by atoms with Crippen LogP contribution in [0.3, 0.4) is 0 Å². The fraction of sp³-hybridized carbons (Fsp3) is 0.500. The Balaban J connectivity index is 1.56. The van der Waals surface area contributed by atoms with Gasteiger partial charge in [0.1, 0.15) is 0 Å². The molecular formula is C20H27N3O4. The van der Waals surface area contributed by atoms with Crippen molar-refractivity contribution in [3.63, 3.8) is 0 Å². The predicted octanol–water partition coefficient (Wildman–Crippen LogP) is 1.98. The second-order valence-corrected chi connectivity index (χ2v) is 7.04. The summed E-state index contributed by atoms with van der Waals surface area (Å²) in [7, 11) is 0. The van der Waals surface area contributed by atoms with E-state index >= 15 is 0 Å². The third-order valence-corrected chi connectivity index (χ3v) is 4.69. The van der Waals surface area contributed by atoms with Gasteiger partial charge in [-0.3, -0.25) is 9.36 Å². The Morgan fingerprint density at radius 1 is 1.41 bits per heavy atom. The summed E-state index contributed by atoms with van der Waals surface area (Å²) in [6, 6.07) is 7.29. The maximum Gasteiger partial charge on any atom is 0.326 e. The largest absolute Gasteiger partial charge is 0.379 e. The smallest absolute Gasteiger partial charge is 0.326 e. The summed E-state index contributed by atoms with van der Waals surface area (Å²) >= 11 is 0. The number of carbonyl (C=O) groups is 1. The molecule has 0 aliphatic carbocycles. The first-order valence-electron chi connectivity index (χ1n) is 9.34. The maximum atomic E-state index is 12.4. The normalized spacial score (nSPS) is 19.8. The van der Waals surface area contributed by atoms with Gasteiger partial charge in [0.05, 0.1) is 36.4 Å². The van der Waals surface area contributed by atoms with Gasteiger partial charge in [-0.25, -0.2) is 4.79 Å². The van der Waals surface area contributed by atoms with Crippen LogP contribution in [-0.4, -0.2) is 47.4 Å². The van der Waals surface area contributed by atoms with Crippen molar-refractivity contribution in [3.05, 3.63) is 46.4 Å². The molecule has 1 saturated heterocycles. The van der Waals surface area contributed by atoms with Gasteiger partial charge in [-0.2, -0.15) is 0 Å². The van der Waals surface area contributed by atoms with Crippen molar-refractivity contribution in [3.8, 4) is 0 Å². The Morgan fingerprint density at radius 2 is 2.22 bits per heavy atom. The molecule has 0 spiro atoms. The minimum absolute atomic E-state index is 0.0610. The van der Waals surface area contributed by atoms with Crippen LogP contribution in [-0.2, 0) is 20.8 Å². The first kappa shape index (κ1) is 19.4. The van der Waals surface area contributed by atoms with Crippen molar-refractivity contribution in [1.82, 2.24) is 14.9 Å². The van der Waals surface area contributed by atoms with E-state index in [0.717, 1.165) is 17.5 Å². The highest BCUT2D eigenvalue weighted by Gasteiger charge is 2.27. The number of hydrogen-bond acceptors (Lipinski definition) is 4. The molecule has 3 rings (SSSR count). The molecule has 1 fully saturated rings. The first-order valence-corrected chi connectivity index (χ1v) is 9.34. The standard InChI is InChI=1S/C20H27N3O4/c1-14(2)8-12-27-18-9-11-26-13-16(18)21-19(24)7-10-23-17-6-4-3-5-15(17)22-20(23)25/h3-6,8,16,18H,7,9-13H2,1-2H3,(H,21,24)(H,22,25)/t16-,18+/m1/s1. The predicted molar refractivity (Wildman–Crippen MR) is 104 cm³/mol. The van der Waals surface area contributed by atoms with E-state index in [-0.39, 0.29) is 30.2 Å². The molecule has 0 radical (unpaired) electrons. The number of fused-ring (bicyclic) bond motifs is 1. The van der Waals surface area contributed by atoms with Gasteiger partial charge >= 0.3 is 5.69 Å². The molecule has 1 aliphatic rings. The topological polar surface area (TPSA) is 85.3 Å². The number of aromatic nitrogens is 2. The van der Waals surface area contributed by atoms with E-state index in [1.54, 1.807) is 4.57 Å². The monoisotopic (exact) mass is 373 g/mol. The Labute approximate surface area is 158 Å². The minimum atomic E-state index is -0.201. The number of para-hydroxylation sites is 2. The minimum Gasteiger partial charge on any atom is -0.379 e. The first-order chi connectivity index (χ1) is 13.0. The molecule has 1 aromatic heterocycles. The van der Waals surface area contributed by atoms with E-state index in [0.29, 0.717) is 26.4 Å². The van der Waals surface area contributed by atoms with E-state index < -0.39 is 0 Å². The molecule has 0 unspecified atom stereocenters. The van der Waals surface area contributed by atoms with E-state index in [1.165, 1.54) is 5.57 Å². The van der Waals surface area contributed by atoms with Crippen molar-refractivity contribution in [2.75, 3.05) is 19.8 Å². The number of hydrogen-bond donors (Lipinski definition) is 2. The third kappa shape index (κ3) is 5.08. The van der Waals surface area contributed by atoms with Gasteiger partial charge in [-0.05, 0) is 32.4 Å². The summed E-state index contributed by atoms with van der Waals surface area (Å²) in [5.74, 6) is -0.113. The fourth-order valence-electron chi connectivity index (χ4n) is 3.21. The molecule has 1 aliphatic heterocycles. The summed E-state index contributed by atoms with van der Waals surface area (Å²) in [4.78, 5) is 27.3. The molecule has 27 heavy (non-hydrogen) atoms. The SMILES string of the molecule is CC(C)=CCO[C@H]1CCOC[C@H]1NC(=O)CCn1c(=O)[nH]c2ccccc21. The number of benzene rings is 1. The van der Waals surface area contributed by atoms with Crippen LogP contribution in [0.2, 0.25) is 0 Å². The van der Waals surface area contributed by atoms with Crippen LogP contribution in [0.25, 0.3) is 11.0 Å². The molecule has 2 heterocycles. The molecule has 1 amide bonds. The summed E-state index contributed by atoms with van der Waals surface area (Å²) < 4.78 is 13.0. The van der Waals surface area contributed by atoms with Crippen LogP contribution in [0.5, 0.6) is 0 Å². The summed E-state index contributed by atoms with van der Waals surface area (Å²) in [6.07, 6.45) is 2.94. The van der Waals surface area contributed by atoms with Crippen molar-refractivity contribution in [1.29, 1.82) is 0 Å². The van der Waals surface area contributed by atoms with E-state index in [2.05, 4.69) is 10.3 Å². The number of aromatic amines is 1. The molecule has 7 heteroatoms. The number of carbonyl (C=O) groups excluding carboxylic acids is 1.